The van der Waals surface area contributed by atoms with Gasteiger partial charge in [0.2, 0.25) is 0 Å². The van der Waals surface area contributed by atoms with E-state index in [0.29, 0.717) is 36.2 Å². The summed E-state index contributed by atoms with van der Waals surface area (Å²) in [5, 5.41) is 25.4. The molecule has 0 aliphatic rings. The Kier molecular flexibility index (Phi) is 9.69. The fourth-order valence-electron chi connectivity index (χ4n) is 3.93. The summed E-state index contributed by atoms with van der Waals surface area (Å²) in [5.74, 6) is -8.03. The lowest BCUT2D eigenvalue weighted by atomic mass is 9.86. The van der Waals surface area contributed by atoms with Gasteiger partial charge in [0, 0.05) is 45.3 Å². The van der Waals surface area contributed by atoms with E-state index in [1.165, 1.54) is 12.1 Å². The Hall–Kier alpha value is -3.49. The van der Waals surface area contributed by atoms with E-state index in [4.69, 9.17) is 24.5 Å². The monoisotopic (exact) mass is 534 g/mol. The molecule has 0 aromatic heterocycles. The molecule has 8 nitrogen and oxygen atoms in total. The highest BCUT2D eigenvalue weighted by Crippen LogP contribution is 2.36. The average Bonchev–Trinajstić information content (AvgIpc) is 2.93. The van der Waals surface area contributed by atoms with Crippen LogP contribution in [0.1, 0.15) is 80.0 Å². The summed E-state index contributed by atoms with van der Waals surface area (Å²) in [6.07, 6.45) is 1.72. The third-order valence-electron chi connectivity index (χ3n) is 5.61. The summed E-state index contributed by atoms with van der Waals surface area (Å²) < 4.78 is 59.3. The molecule has 0 bridgehead atoms. The highest BCUT2D eigenvalue weighted by molar-refractivity contribution is 5.89. The number of aliphatic hydroxyl groups is 1. The van der Waals surface area contributed by atoms with E-state index in [1.54, 1.807) is 6.07 Å². The van der Waals surface area contributed by atoms with Crippen molar-refractivity contribution in [1.82, 2.24) is 4.90 Å². The van der Waals surface area contributed by atoms with Gasteiger partial charge in [-0.3, -0.25) is 9.69 Å². The van der Waals surface area contributed by atoms with E-state index in [2.05, 4.69) is 32.6 Å². The molecule has 0 unspecified atom stereocenters. The van der Waals surface area contributed by atoms with Crippen LogP contribution < -0.4 is 4.74 Å². The normalized spacial score (nSPS) is 15.7. The van der Waals surface area contributed by atoms with Gasteiger partial charge in [0.1, 0.15) is 5.75 Å². The summed E-state index contributed by atoms with van der Waals surface area (Å²) in [7, 11) is 0. The fraction of sp³-hybridized carbons (Fsp3) is 0.433. The maximum atomic E-state index is 13.1. The number of aliphatic hydroxyl groups excluding tert-OH is 1. The zero-order chi connectivity index (χ0) is 34.8. The lowest BCUT2D eigenvalue weighted by molar-refractivity contribution is -0.138. The molecular formula is C30H41NO7. The Labute approximate surface area is 235 Å². The lowest BCUT2D eigenvalue weighted by Crippen LogP contribution is -2.38. The SMILES string of the molecule is O=C(O)C=CC(=O)O.[2H]C([2H])([2H])C([2H])(C(=O)Oc1ccc(CO)cc1[C@@H](CCN(C(C)C)C(C)C)c1ccccc1)C([2H])([2H])[2H]. The van der Waals surface area contributed by atoms with Crippen LogP contribution in [0, 0.1) is 5.89 Å². The van der Waals surface area contributed by atoms with Gasteiger partial charge in [-0.1, -0.05) is 50.1 Å². The van der Waals surface area contributed by atoms with Crippen LogP contribution in [-0.2, 0) is 21.0 Å². The maximum absolute atomic E-state index is 13.1. The van der Waals surface area contributed by atoms with Crippen molar-refractivity contribution < 1.29 is 44.0 Å². The van der Waals surface area contributed by atoms with Crippen molar-refractivity contribution >= 4 is 17.9 Å². The number of benzene rings is 2. The van der Waals surface area contributed by atoms with Crippen molar-refractivity contribution in [3.63, 3.8) is 0 Å². The number of carbonyl (C=O) groups is 3. The van der Waals surface area contributed by atoms with Crippen LogP contribution >= 0.6 is 0 Å². The minimum Gasteiger partial charge on any atom is -0.478 e. The molecule has 0 aliphatic carbocycles. The number of hydrogen-bond acceptors (Lipinski definition) is 6. The van der Waals surface area contributed by atoms with Crippen LogP contribution in [0.4, 0.5) is 0 Å². The first-order chi connectivity index (χ1) is 20.7. The van der Waals surface area contributed by atoms with Gasteiger partial charge in [-0.05, 0) is 63.9 Å². The van der Waals surface area contributed by atoms with Crippen molar-refractivity contribution in [2.24, 2.45) is 5.89 Å². The quantitative estimate of drug-likeness (QED) is 0.195. The predicted molar refractivity (Wildman–Crippen MR) is 147 cm³/mol. The van der Waals surface area contributed by atoms with E-state index < -0.39 is 37.5 Å². The minimum absolute atomic E-state index is 0.0400. The first-order valence-electron chi connectivity index (χ1n) is 15.6. The summed E-state index contributed by atoms with van der Waals surface area (Å²) in [6, 6.07) is 14.6. The number of carboxylic acid groups (broad SMARTS) is 2. The first-order valence-corrected chi connectivity index (χ1v) is 12.1. The lowest BCUT2D eigenvalue weighted by Gasteiger charge is -2.32. The fourth-order valence-corrected chi connectivity index (χ4v) is 3.93. The Bertz CT molecular complexity index is 1270. The average molecular weight is 535 g/mol. The number of ether oxygens (including phenoxy) is 1. The van der Waals surface area contributed by atoms with Crippen LogP contribution in [-0.4, -0.2) is 56.8 Å². The molecule has 2 rings (SSSR count). The van der Waals surface area contributed by atoms with Crippen LogP contribution in [0.5, 0.6) is 5.75 Å². The van der Waals surface area contributed by atoms with Gasteiger partial charge < -0.3 is 20.1 Å². The van der Waals surface area contributed by atoms with Crippen LogP contribution in [0.15, 0.2) is 60.7 Å². The van der Waals surface area contributed by atoms with Crippen molar-refractivity contribution in [3.05, 3.63) is 77.4 Å². The van der Waals surface area contributed by atoms with Crippen molar-refractivity contribution in [2.75, 3.05) is 6.54 Å². The predicted octanol–water partition coefficient (Wildman–Crippen LogP) is 5.09. The van der Waals surface area contributed by atoms with Gasteiger partial charge in [0.05, 0.1) is 12.5 Å². The van der Waals surface area contributed by atoms with Crippen LogP contribution in [0.25, 0.3) is 0 Å². The number of esters is 1. The first kappa shape index (κ1) is 22.5. The second kappa shape index (κ2) is 16.4. The molecule has 0 heterocycles. The summed E-state index contributed by atoms with van der Waals surface area (Å²) >= 11 is 0. The number of carbonyl (C=O) groups excluding carboxylic acids is 1. The Morgan fingerprint density at radius 2 is 1.55 bits per heavy atom. The number of hydrogen-bond donors (Lipinski definition) is 3. The smallest absolute Gasteiger partial charge is 0.328 e. The number of rotatable bonds is 12. The van der Waals surface area contributed by atoms with Gasteiger partial charge in [-0.25, -0.2) is 9.59 Å². The van der Waals surface area contributed by atoms with Crippen molar-refractivity contribution in [1.29, 1.82) is 0 Å². The molecular weight excluding hydrogens is 486 g/mol. The standard InChI is InChI=1S/C26H37NO3.C4H4O4/c1-18(2)26(29)30-25-13-12-21(17-28)16-24(25)23(22-10-8-7-9-11-22)14-15-27(19(3)4)20(5)6;5-3(6)1-2-4(7)8/h7-13,16,18-20,23,28H,14-15,17H2,1-6H3;1-2H,(H,5,6)(H,7,8)/t23-;/m0./s1/i1D3,2D3,18D;. The summed E-state index contributed by atoms with van der Waals surface area (Å²) in [5.41, 5.74) is 1.95. The minimum atomic E-state index is -3.47. The number of carboxylic acids is 2. The number of aliphatic carboxylic acids is 2. The van der Waals surface area contributed by atoms with E-state index in [0.717, 1.165) is 5.56 Å². The highest BCUT2D eigenvalue weighted by atomic mass is 16.5. The summed E-state index contributed by atoms with van der Waals surface area (Å²) in [4.78, 5) is 34.5. The van der Waals surface area contributed by atoms with Gasteiger partial charge in [-0.15, -0.1) is 0 Å². The molecule has 0 amide bonds. The molecule has 8 heteroatoms. The van der Waals surface area contributed by atoms with E-state index in [1.807, 2.05) is 30.3 Å². The molecule has 0 saturated carbocycles. The zero-order valence-corrected chi connectivity index (χ0v) is 22.0. The van der Waals surface area contributed by atoms with E-state index in [-0.39, 0.29) is 30.4 Å². The molecule has 208 valence electrons. The van der Waals surface area contributed by atoms with Gasteiger partial charge in [0.25, 0.3) is 0 Å². The molecule has 38 heavy (non-hydrogen) atoms. The highest BCUT2D eigenvalue weighted by Gasteiger charge is 2.23. The largest absolute Gasteiger partial charge is 0.478 e. The molecule has 0 saturated heterocycles. The number of nitrogens with zero attached hydrogens (tertiary/aromatic N) is 1. The Morgan fingerprint density at radius 1 is 0.974 bits per heavy atom. The molecule has 2 aromatic carbocycles. The van der Waals surface area contributed by atoms with E-state index >= 15 is 0 Å². The topological polar surface area (TPSA) is 124 Å². The summed E-state index contributed by atoms with van der Waals surface area (Å²) in [6.45, 7) is 1.94. The molecule has 1 atom stereocenters. The third kappa shape index (κ3) is 11.3. The van der Waals surface area contributed by atoms with Crippen LogP contribution in [0.2, 0.25) is 0 Å². The van der Waals surface area contributed by atoms with E-state index in [9.17, 15) is 19.5 Å². The van der Waals surface area contributed by atoms with Crippen molar-refractivity contribution in [2.45, 2.75) is 72.4 Å². The second-order valence-corrected chi connectivity index (χ2v) is 8.98. The third-order valence-corrected chi connectivity index (χ3v) is 5.61. The Morgan fingerprint density at radius 3 is 2.03 bits per heavy atom. The zero-order valence-electron chi connectivity index (χ0n) is 29.0. The molecule has 0 aliphatic heterocycles. The second-order valence-electron chi connectivity index (χ2n) is 8.98. The molecule has 0 fully saturated rings. The molecule has 2 aromatic rings. The van der Waals surface area contributed by atoms with Gasteiger partial charge in [0.15, 0.2) is 0 Å². The van der Waals surface area contributed by atoms with Gasteiger partial charge in [-0.2, -0.15) is 0 Å². The molecule has 0 radical (unpaired) electrons. The Balaban J connectivity index is 0.00000111. The van der Waals surface area contributed by atoms with Crippen LogP contribution in [0.3, 0.4) is 0 Å². The van der Waals surface area contributed by atoms with Crippen molar-refractivity contribution in [3.8, 4) is 5.75 Å². The van der Waals surface area contributed by atoms with Gasteiger partial charge >= 0.3 is 17.9 Å². The maximum Gasteiger partial charge on any atom is 0.328 e. The molecule has 3 N–H and O–H groups in total. The molecule has 0 spiro atoms.